The average molecular weight is 381 g/mol. The number of thiophene rings is 1. The minimum Gasteiger partial charge on any atom is -0.492 e. The van der Waals surface area contributed by atoms with E-state index in [1.165, 1.54) is 28.8 Å². The number of hydrogen-bond acceptors (Lipinski definition) is 6. The average Bonchev–Trinajstić information content (AvgIpc) is 3.09. The summed E-state index contributed by atoms with van der Waals surface area (Å²) in [4.78, 5) is 13.4. The molecule has 3 rings (SSSR count). The van der Waals surface area contributed by atoms with Crippen molar-refractivity contribution in [2.75, 3.05) is 20.3 Å². The standard InChI is InChI=1S/C17H19NO5S2/c1-3-23-13-6-4-5-7-15(13)25(20,21)18-10-8-14-12(9-11-24-14)16(18)17(19)22-2/h4-7,9,11,16H,3,8,10H2,1-2H3. The number of methoxy groups -OCH3 is 1. The Morgan fingerprint density at radius 1 is 1.32 bits per heavy atom. The maximum Gasteiger partial charge on any atom is 0.328 e. The number of fused-ring (bicyclic) bond motifs is 1. The summed E-state index contributed by atoms with van der Waals surface area (Å²) in [7, 11) is -2.66. The molecule has 1 aromatic heterocycles. The van der Waals surface area contributed by atoms with Gasteiger partial charge in [0.2, 0.25) is 10.0 Å². The molecule has 0 aliphatic carbocycles. The van der Waals surface area contributed by atoms with Gasteiger partial charge in [-0.2, -0.15) is 4.31 Å². The highest BCUT2D eigenvalue weighted by Crippen LogP contribution is 2.39. The van der Waals surface area contributed by atoms with E-state index in [9.17, 15) is 13.2 Å². The van der Waals surface area contributed by atoms with E-state index in [1.54, 1.807) is 31.2 Å². The van der Waals surface area contributed by atoms with Crippen molar-refractivity contribution in [1.29, 1.82) is 0 Å². The Hall–Kier alpha value is -1.90. The maximum absolute atomic E-state index is 13.3. The van der Waals surface area contributed by atoms with Crippen LogP contribution in [0.5, 0.6) is 5.75 Å². The van der Waals surface area contributed by atoms with Crippen LogP contribution in [0.4, 0.5) is 0 Å². The summed E-state index contributed by atoms with van der Waals surface area (Å²) in [6.07, 6.45) is 0.566. The highest BCUT2D eigenvalue weighted by molar-refractivity contribution is 7.89. The summed E-state index contributed by atoms with van der Waals surface area (Å²) in [6.45, 7) is 2.36. The van der Waals surface area contributed by atoms with Gasteiger partial charge in [-0.15, -0.1) is 11.3 Å². The van der Waals surface area contributed by atoms with Crippen molar-refractivity contribution in [2.45, 2.75) is 24.3 Å². The SMILES string of the molecule is CCOc1ccccc1S(=O)(=O)N1CCc2sccc2C1C(=O)OC. The molecule has 2 aromatic rings. The van der Waals surface area contributed by atoms with Crippen LogP contribution in [0.3, 0.4) is 0 Å². The van der Waals surface area contributed by atoms with E-state index in [4.69, 9.17) is 9.47 Å². The number of para-hydroxylation sites is 1. The van der Waals surface area contributed by atoms with Crippen molar-refractivity contribution < 1.29 is 22.7 Å². The molecule has 8 heteroatoms. The lowest BCUT2D eigenvalue weighted by Gasteiger charge is -2.33. The van der Waals surface area contributed by atoms with E-state index in [-0.39, 0.29) is 17.2 Å². The Morgan fingerprint density at radius 2 is 2.08 bits per heavy atom. The second-order valence-electron chi connectivity index (χ2n) is 5.47. The number of nitrogens with zero attached hydrogens (tertiary/aromatic N) is 1. The zero-order valence-corrected chi connectivity index (χ0v) is 15.6. The van der Waals surface area contributed by atoms with Crippen LogP contribution < -0.4 is 4.74 Å². The molecular formula is C17H19NO5S2. The van der Waals surface area contributed by atoms with Gasteiger partial charge in [-0.05, 0) is 42.5 Å². The van der Waals surface area contributed by atoms with Gasteiger partial charge in [0.15, 0.2) is 0 Å². The summed E-state index contributed by atoms with van der Waals surface area (Å²) in [5.41, 5.74) is 0.695. The molecule has 1 aliphatic rings. The van der Waals surface area contributed by atoms with Crippen molar-refractivity contribution in [2.24, 2.45) is 0 Å². The number of rotatable bonds is 5. The zero-order valence-electron chi connectivity index (χ0n) is 14.0. The van der Waals surface area contributed by atoms with Crippen molar-refractivity contribution in [3.63, 3.8) is 0 Å². The fourth-order valence-corrected chi connectivity index (χ4v) is 5.57. The van der Waals surface area contributed by atoms with Crippen molar-refractivity contribution >= 4 is 27.3 Å². The van der Waals surface area contributed by atoms with Crippen LogP contribution in [-0.4, -0.2) is 39.0 Å². The first-order valence-corrected chi connectivity index (χ1v) is 10.2. The smallest absolute Gasteiger partial charge is 0.328 e. The van der Waals surface area contributed by atoms with Gasteiger partial charge in [0.25, 0.3) is 0 Å². The first-order chi connectivity index (χ1) is 12.0. The number of hydrogen-bond donors (Lipinski definition) is 0. The zero-order chi connectivity index (χ0) is 18.0. The minimum atomic E-state index is -3.93. The van der Waals surface area contributed by atoms with Gasteiger partial charge in [-0.3, -0.25) is 0 Å². The molecule has 0 N–H and O–H groups in total. The molecule has 1 atom stereocenters. The van der Waals surface area contributed by atoms with E-state index in [1.807, 2.05) is 5.38 Å². The highest BCUT2D eigenvalue weighted by atomic mass is 32.2. The van der Waals surface area contributed by atoms with Crippen LogP contribution in [0, 0.1) is 0 Å². The van der Waals surface area contributed by atoms with Crippen LogP contribution in [0.25, 0.3) is 0 Å². The van der Waals surface area contributed by atoms with E-state index < -0.39 is 22.0 Å². The summed E-state index contributed by atoms with van der Waals surface area (Å²) < 4.78 is 38.1. The fraction of sp³-hybridized carbons (Fsp3) is 0.353. The van der Waals surface area contributed by atoms with Gasteiger partial charge in [-0.1, -0.05) is 12.1 Å². The summed E-state index contributed by atoms with van der Waals surface area (Å²) >= 11 is 1.52. The van der Waals surface area contributed by atoms with Crippen LogP contribution in [-0.2, 0) is 26.0 Å². The second kappa shape index (κ2) is 7.15. The van der Waals surface area contributed by atoms with Gasteiger partial charge in [-0.25, -0.2) is 13.2 Å². The van der Waals surface area contributed by atoms with Gasteiger partial charge >= 0.3 is 5.97 Å². The largest absolute Gasteiger partial charge is 0.492 e. The van der Waals surface area contributed by atoms with E-state index >= 15 is 0 Å². The maximum atomic E-state index is 13.3. The Balaban J connectivity index is 2.09. The van der Waals surface area contributed by atoms with Crippen LogP contribution in [0.2, 0.25) is 0 Å². The topological polar surface area (TPSA) is 72.9 Å². The molecule has 6 nitrogen and oxygen atoms in total. The summed E-state index contributed by atoms with van der Waals surface area (Å²) in [6, 6.07) is 7.29. The monoisotopic (exact) mass is 381 g/mol. The Kier molecular flexibility index (Phi) is 5.12. The first-order valence-electron chi connectivity index (χ1n) is 7.88. The quantitative estimate of drug-likeness (QED) is 0.745. The molecule has 0 saturated carbocycles. The van der Waals surface area contributed by atoms with E-state index in [0.29, 0.717) is 18.6 Å². The molecule has 134 valence electrons. The second-order valence-corrected chi connectivity index (χ2v) is 8.33. The number of carbonyl (C=O) groups excluding carboxylic acids is 1. The highest BCUT2D eigenvalue weighted by Gasteiger charge is 2.42. The molecule has 1 aromatic carbocycles. The van der Waals surface area contributed by atoms with Gasteiger partial charge in [0.1, 0.15) is 16.7 Å². The molecular weight excluding hydrogens is 362 g/mol. The summed E-state index contributed by atoms with van der Waals surface area (Å²) in [5, 5.41) is 1.87. The Labute approximate surface area is 151 Å². The molecule has 1 aliphatic heterocycles. The van der Waals surface area contributed by atoms with E-state index in [2.05, 4.69) is 0 Å². The Morgan fingerprint density at radius 3 is 2.80 bits per heavy atom. The number of ether oxygens (including phenoxy) is 2. The molecule has 0 saturated heterocycles. The lowest BCUT2D eigenvalue weighted by atomic mass is 10.0. The lowest BCUT2D eigenvalue weighted by molar-refractivity contribution is -0.145. The minimum absolute atomic E-state index is 0.0597. The van der Waals surface area contributed by atoms with Crippen molar-refractivity contribution in [1.82, 2.24) is 4.31 Å². The molecule has 0 fully saturated rings. The molecule has 25 heavy (non-hydrogen) atoms. The molecule has 0 amide bonds. The molecule has 0 bridgehead atoms. The predicted molar refractivity (Wildman–Crippen MR) is 94.3 cm³/mol. The van der Waals surface area contributed by atoms with Crippen molar-refractivity contribution in [3.05, 3.63) is 46.2 Å². The summed E-state index contributed by atoms with van der Waals surface area (Å²) in [5.74, 6) is -0.304. The Bertz CT molecular complexity index is 875. The van der Waals surface area contributed by atoms with Crippen LogP contribution in [0.1, 0.15) is 23.4 Å². The number of benzene rings is 1. The number of esters is 1. The van der Waals surface area contributed by atoms with Crippen LogP contribution in [0.15, 0.2) is 40.6 Å². The lowest BCUT2D eigenvalue weighted by Crippen LogP contribution is -2.43. The third-order valence-electron chi connectivity index (χ3n) is 4.08. The number of sulfonamides is 1. The molecule has 0 radical (unpaired) electrons. The third kappa shape index (κ3) is 3.17. The molecule has 1 unspecified atom stereocenters. The van der Waals surface area contributed by atoms with Crippen molar-refractivity contribution in [3.8, 4) is 5.75 Å². The third-order valence-corrected chi connectivity index (χ3v) is 6.98. The number of carbonyl (C=O) groups is 1. The predicted octanol–water partition coefficient (Wildman–Crippen LogP) is 2.61. The van der Waals surface area contributed by atoms with E-state index in [0.717, 1.165) is 4.88 Å². The molecule has 2 heterocycles. The van der Waals surface area contributed by atoms with Gasteiger partial charge in [0.05, 0.1) is 13.7 Å². The fourth-order valence-electron chi connectivity index (χ4n) is 2.97. The molecule has 0 spiro atoms. The normalized spacial score (nSPS) is 17.8. The van der Waals surface area contributed by atoms with Gasteiger partial charge in [0, 0.05) is 11.4 Å². The van der Waals surface area contributed by atoms with Gasteiger partial charge < -0.3 is 9.47 Å². The first kappa shape index (κ1) is 17.9. The van der Waals surface area contributed by atoms with Crippen LogP contribution >= 0.6 is 11.3 Å².